The Balaban J connectivity index is 3.49. The highest BCUT2D eigenvalue weighted by atomic mass is 79.9. The Morgan fingerprint density at radius 2 is 2.14 bits per heavy atom. The lowest BCUT2D eigenvalue weighted by atomic mass is 10.1. The second-order valence-corrected chi connectivity index (χ2v) is 3.47. The van der Waals surface area contributed by atoms with Crippen LogP contribution in [0.25, 0.3) is 0 Å². The molecule has 1 aromatic rings. The molecule has 74 valence electrons. The number of anilines is 1. The van der Waals surface area contributed by atoms with E-state index < -0.39 is 4.92 Å². The van der Waals surface area contributed by atoms with Gasteiger partial charge in [-0.05, 0) is 28.9 Å². The molecule has 0 unspecified atom stereocenters. The monoisotopic (exact) mass is 258 g/mol. The maximum absolute atomic E-state index is 11.1. The van der Waals surface area contributed by atoms with Crippen molar-refractivity contribution >= 4 is 33.1 Å². The van der Waals surface area contributed by atoms with Crippen molar-refractivity contribution in [1.29, 1.82) is 0 Å². The number of carbonyl (C=O) groups is 1. The van der Waals surface area contributed by atoms with Crippen LogP contribution < -0.4 is 5.73 Å². The van der Waals surface area contributed by atoms with Gasteiger partial charge in [0.2, 0.25) is 0 Å². The molecule has 0 aliphatic carbocycles. The van der Waals surface area contributed by atoms with Crippen molar-refractivity contribution in [3.8, 4) is 0 Å². The fourth-order valence-corrected chi connectivity index (χ4v) is 1.86. The number of hydrogen-bond acceptors (Lipinski definition) is 4. The third-order valence-electron chi connectivity index (χ3n) is 1.70. The van der Waals surface area contributed by atoms with Crippen LogP contribution in [0.15, 0.2) is 16.6 Å². The van der Waals surface area contributed by atoms with Crippen molar-refractivity contribution in [3.63, 3.8) is 0 Å². The van der Waals surface area contributed by atoms with E-state index in [1.807, 2.05) is 0 Å². The molecule has 14 heavy (non-hydrogen) atoms. The number of nitrogens with zero attached hydrogens (tertiary/aromatic N) is 1. The van der Waals surface area contributed by atoms with Crippen molar-refractivity contribution in [1.82, 2.24) is 0 Å². The zero-order valence-electron chi connectivity index (χ0n) is 7.28. The van der Waals surface area contributed by atoms with Crippen molar-refractivity contribution in [2.75, 3.05) is 5.73 Å². The van der Waals surface area contributed by atoms with Crippen LogP contribution in [-0.2, 0) is 0 Å². The number of halogens is 1. The van der Waals surface area contributed by atoms with Gasteiger partial charge in [-0.3, -0.25) is 14.9 Å². The lowest BCUT2D eigenvalue weighted by Gasteiger charge is -2.04. The highest BCUT2D eigenvalue weighted by Gasteiger charge is 2.19. The standard InChI is InChI=1S/C8H7BrN2O3/c1-4(12)7-5(10)2-3-6(8(7)9)11(13)14/h2-3H,10H2,1H3. The Hall–Kier alpha value is -1.43. The molecule has 6 heteroatoms. The van der Waals surface area contributed by atoms with E-state index in [9.17, 15) is 14.9 Å². The van der Waals surface area contributed by atoms with Crippen molar-refractivity contribution < 1.29 is 9.72 Å². The molecule has 0 saturated carbocycles. The summed E-state index contributed by atoms with van der Waals surface area (Å²) in [5, 5.41) is 10.5. The molecule has 0 aromatic heterocycles. The van der Waals surface area contributed by atoms with Gasteiger partial charge in [0.1, 0.15) is 4.47 Å². The van der Waals surface area contributed by atoms with E-state index in [0.717, 1.165) is 0 Å². The summed E-state index contributed by atoms with van der Waals surface area (Å²) >= 11 is 2.99. The van der Waals surface area contributed by atoms with Crippen LogP contribution in [0.3, 0.4) is 0 Å². The number of carbonyl (C=O) groups excluding carboxylic acids is 1. The van der Waals surface area contributed by atoms with Crippen LogP contribution in [0.2, 0.25) is 0 Å². The molecule has 0 fully saturated rings. The molecule has 5 nitrogen and oxygen atoms in total. The zero-order valence-corrected chi connectivity index (χ0v) is 8.87. The minimum atomic E-state index is -0.573. The predicted molar refractivity (Wildman–Crippen MR) is 55.2 cm³/mol. The average Bonchev–Trinajstić information content (AvgIpc) is 2.02. The fourth-order valence-electron chi connectivity index (χ4n) is 1.08. The van der Waals surface area contributed by atoms with E-state index in [0.29, 0.717) is 0 Å². The average molecular weight is 259 g/mol. The van der Waals surface area contributed by atoms with Gasteiger partial charge in [0, 0.05) is 11.8 Å². The molecule has 0 bridgehead atoms. The van der Waals surface area contributed by atoms with Crippen molar-refractivity contribution in [3.05, 3.63) is 32.3 Å². The minimum absolute atomic E-state index is 0.134. The first-order valence-electron chi connectivity index (χ1n) is 3.68. The number of ketones is 1. The summed E-state index contributed by atoms with van der Waals surface area (Å²) in [6.45, 7) is 1.31. The molecule has 0 saturated heterocycles. The molecule has 0 heterocycles. The third-order valence-corrected chi connectivity index (χ3v) is 2.51. The Labute approximate surface area is 88.2 Å². The second kappa shape index (κ2) is 3.75. The number of nitrogens with two attached hydrogens (primary N) is 1. The van der Waals surface area contributed by atoms with Gasteiger partial charge in [0.05, 0.1) is 10.5 Å². The van der Waals surface area contributed by atoms with Gasteiger partial charge in [0.25, 0.3) is 5.69 Å². The van der Waals surface area contributed by atoms with Crippen molar-refractivity contribution in [2.24, 2.45) is 0 Å². The minimum Gasteiger partial charge on any atom is -0.398 e. The van der Waals surface area contributed by atoms with Crippen LogP contribution in [0.1, 0.15) is 17.3 Å². The van der Waals surface area contributed by atoms with Gasteiger partial charge < -0.3 is 5.73 Å². The molecule has 1 rings (SSSR count). The summed E-state index contributed by atoms with van der Waals surface area (Å²) in [6.07, 6.45) is 0. The van der Waals surface area contributed by atoms with E-state index in [-0.39, 0.29) is 27.2 Å². The molecular weight excluding hydrogens is 252 g/mol. The Morgan fingerprint density at radius 3 is 2.57 bits per heavy atom. The maximum atomic E-state index is 11.1. The first-order chi connectivity index (χ1) is 6.45. The first kappa shape index (κ1) is 10.6. The second-order valence-electron chi connectivity index (χ2n) is 2.68. The van der Waals surface area contributed by atoms with Crippen LogP contribution >= 0.6 is 15.9 Å². The number of benzene rings is 1. The molecule has 1 aromatic carbocycles. The lowest BCUT2D eigenvalue weighted by molar-refractivity contribution is -0.385. The molecule has 0 amide bonds. The molecule has 0 aliphatic heterocycles. The SMILES string of the molecule is CC(=O)c1c(N)ccc([N+](=O)[O-])c1Br. The lowest BCUT2D eigenvalue weighted by Crippen LogP contribution is -2.03. The molecule has 0 aliphatic rings. The van der Waals surface area contributed by atoms with E-state index in [1.54, 1.807) is 0 Å². The Kier molecular flexibility index (Phi) is 2.85. The van der Waals surface area contributed by atoms with Crippen LogP contribution in [-0.4, -0.2) is 10.7 Å². The summed E-state index contributed by atoms with van der Waals surface area (Å²) in [5.74, 6) is -0.307. The van der Waals surface area contributed by atoms with E-state index in [2.05, 4.69) is 15.9 Å². The van der Waals surface area contributed by atoms with E-state index in [4.69, 9.17) is 5.73 Å². The van der Waals surface area contributed by atoms with Crippen LogP contribution in [0, 0.1) is 10.1 Å². The largest absolute Gasteiger partial charge is 0.398 e. The number of nitrogen functional groups attached to an aromatic ring is 1. The smallest absolute Gasteiger partial charge is 0.284 e. The first-order valence-corrected chi connectivity index (χ1v) is 4.47. The van der Waals surface area contributed by atoms with Gasteiger partial charge in [-0.25, -0.2) is 0 Å². The van der Waals surface area contributed by atoms with Crippen LogP contribution in [0.4, 0.5) is 11.4 Å². The molecule has 0 atom stereocenters. The number of nitro groups is 1. The van der Waals surface area contributed by atoms with Gasteiger partial charge in [-0.2, -0.15) is 0 Å². The van der Waals surface area contributed by atoms with Crippen molar-refractivity contribution in [2.45, 2.75) is 6.92 Å². The quantitative estimate of drug-likeness (QED) is 0.381. The highest BCUT2D eigenvalue weighted by molar-refractivity contribution is 9.10. The zero-order chi connectivity index (χ0) is 10.9. The summed E-state index contributed by atoms with van der Waals surface area (Å²) in [4.78, 5) is 21.1. The summed E-state index contributed by atoms with van der Waals surface area (Å²) in [6, 6.07) is 2.60. The number of Topliss-reactive ketones (excluding diaryl/α,β-unsaturated/α-hetero) is 1. The summed E-state index contributed by atoms with van der Waals surface area (Å²) in [7, 11) is 0. The Morgan fingerprint density at radius 1 is 1.57 bits per heavy atom. The van der Waals surface area contributed by atoms with Gasteiger partial charge in [-0.1, -0.05) is 0 Å². The Bertz CT molecular complexity index is 417. The maximum Gasteiger partial charge on any atom is 0.284 e. The summed E-state index contributed by atoms with van der Waals surface area (Å²) < 4.78 is 0.134. The molecule has 0 spiro atoms. The van der Waals surface area contributed by atoms with Gasteiger partial charge in [0.15, 0.2) is 5.78 Å². The molecular formula is C8H7BrN2O3. The normalized spacial score (nSPS) is 9.86. The number of nitro benzene ring substituents is 1. The van der Waals surface area contributed by atoms with E-state index >= 15 is 0 Å². The summed E-state index contributed by atoms with van der Waals surface area (Å²) in [5.41, 5.74) is 5.74. The number of hydrogen-bond donors (Lipinski definition) is 1. The van der Waals surface area contributed by atoms with Gasteiger partial charge >= 0.3 is 0 Å². The van der Waals surface area contributed by atoms with Gasteiger partial charge in [-0.15, -0.1) is 0 Å². The van der Waals surface area contributed by atoms with E-state index in [1.165, 1.54) is 19.1 Å². The number of rotatable bonds is 2. The highest BCUT2D eigenvalue weighted by Crippen LogP contribution is 2.32. The molecule has 2 N–H and O–H groups in total. The predicted octanol–water partition coefficient (Wildman–Crippen LogP) is 2.14. The fraction of sp³-hybridized carbons (Fsp3) is 0.125. The van der Waals surface area contributed by atoms with Crippen LogP contribution in [0.5, 0.6) is 0 Å². The third kappa shape index (κ3) is 1.74. The topological polar surface area (TPSA) is 86.2 Å². The molecule has 0 radical (unpaired) electrons.